The molecule has 19 heavy (non-hydrogen) atoms. The van der Waals surface area contributed by atoms with Gasteiger partial charge in [0.2, 0.25) is 0 Å². The van der Waals surface area contributed by atoms with Crippen LogP contribution in [0.25, 0.3) is 0 Å². The average molecular weight is 269 g/mol. The van der Waals surface area contributed by atoms with Crippen molar-refractivity contribution < 1.29 is 19.6 Å². The van der Waals surface area contributed by atoms with Gasteiger partial charge in [0.1, 0.15) is 0 Å². The minimum Gasteiger partial charge on any atom is -0.481 e. The second-order valence-electron chi connectivity index (χ2n) is 4.18. The highest BCUT2D eigenvalue weighted by Crippen LogP contribution is 2.14. The Labute approximate surface area is 109 Å². The largest absolute Gasteiger partial charge is 0.481 e. The second-order valence-corrected chi connectivity index (χ2v) is 4.18. The molecule has 0 saturated heterocycles. The summed E-state index contributed by atoms with van der Waals surface area (Å²) in [7, 11) is 1.42. The van der Waals surface area contributed by atoms with Crippen LogP contribution in [0.3, 0.4) is 0 Å². The smallest absolute Gasteiger partial charge is 0.323 e. The zero-order valence-corrected chi connectivity index (χ0v) is 10.6. The van der Waals surface area contributed by atoms with Gasteiger partial charge in [-0.15, -0.1) is 0 Å². The van der Waals surface area contributed by atoms with E-state index in [0.717, 1.165) is 0 Å². The number of aliphatic carboxylic acids is 1. The van der Waals surface area contributed by atoms with E-state index >= 15 is 0 Å². The third-order valence-corrected chi connectivity index (χ3v) is 2.80. The Hall–Kier alpha value is -2.38. The number of nitro groups is 1. The second kappa shape index (κ2) is 5.98. The average Bonchev–Trinajstić information content (AvgIpc) is 2.70. The molecule has 1 atom stereocenters. The number of carboxylic acid groups (broad SMARTS) is 1. The highest BCUT2D eigenvalue weighted by Gasteiger charge is 2.20. The molecule has 0 aliphatic rings. The lowest BCUT2D eigenvalue weighted by atomic mass is 10.1. The maximum atomic E-state index is 11.8. The molecule has 1 unspecified atom stereocenters. The number of aromatic nitrogens is 1. The number of carbonyl (C=O) groups is 2. The zero-order valence-electron chi connectivity index (χ0n) is 10.6. The Bertz CT molecular complexity index is 508. The first-order valence-corrected chi connectivity index (χ1v) is 5.65. The van der Waals surface area contributed by atoms with Gasteiger partial charge >= 0.3 is 11.8 Å². The number of carbonyl (C=O) groups excluding carboxylic acids is 1. The molecule has 0 fully saturated rings. The topological polar surface area (TPSA) is 114 Å². The van der Waals surface area contributed by atoms with Crippen molar-refractivity contribution in [3.05, 3.63) is 27.9 Å². The van der Waals surface area contributed by atoms with Crippen LogP contribution in [0.2, 0.25) is 0 Å². The van der Waals surface area contributed by atoms with Gasteiger partial charge in [-0.2, -0.15) is 0 Å². The van der Waals surface area contributed by atoms with Crippen molar-refractivity contribution in [3.63, 3.8) is 0 Å². The van der Waals surface area contributed by atoms with Gasteiger partial charge in [0.25, 0.3) is 5.91 Å². The number of carboxylic acids is 1. The quantitative estimate of drug-likeness (QED) is 0.584. The van der Waals surface area contributed by atoms with Crippen LogP contribution >= 0.6 is 0 Å². The van der Waals surface area contributed by atoms with Crippen LogP contribution in [0.4, 0.5) is 5.82 Å². The van der Waals surface area contributed by atoms with Crippen molar-refractivity contribution in [1.82, 2.24) is 9.88 Å². The lowest BCUT2D eigenvalue weighted by molar-refractivity contribution is -0.391. The fraction of sp³-hybridized carbons (Fsp3) is 0.455. The highest BCUT2D eigenvalue weighted by atomic mass is 16.6. The molecule has 1 heterocycles. The summed E-state index contributed by atoms with van der Waals surface area (Å²) >= 11 is 0. The fourth-order valence-corrected chi connectivity index (χ4v) is 1.53. The predicted molar refractivity (Wildman–Crippen MR) is 65.8 cm³/mol. The van der Waals surface area contributed by atoms with Crippen molar-refractivity contribution >= 4 is 17.7 Å². The summed E-state index contributed by atoms with van der Waals surface area (Å²) in [6.07, 6.45) is 0.299. The zero-order chi connectivity index (χ0) is 14.6. The molecule has 1 amide bonds. The number of hydrogen-bond donors (Lipinski definition) is 2. The van der Waals surface area contributed by atoms with Gasteiger partial charge in [-0.25, -0.2) is 4.57 Å². The lowest BCUT2D eigenvalue weighted by Crippen LogP contribution is -2.28. The van der Waals surface area contributed by atoms with Crippen LogP contribution in [0.1, 0.15) is 23.8 Å². The third kappa shape index (κ3) is 3.54. The molecule has 8 heteroatoms. The Morgan fingerprint density at radius 3 is 2.63 bits per heavy atom. The van der Waals surface area contributed by atoms with E-state index < -0.39 is 22.7 Å². The summed E-state index contributed by atoms with van der Waals surface area (Å²) in [4.78, 5) is 32.4. The van der Waals surface area contributed by atoms with Gasteiger partial charge < -0.3 is 20.5 Å². The fourth-order valence-electron chi connectivity index (χ4n) is 1.53. The molecule has 1 aromatic rings. The minimum atomic E-state index is -0.927. The van der Waals surface area contributed by atoms with E-state index in [9.17, 15) is 19.7 Å². The van der Waals surface area contributed by atoms with Crippen LogP contribution in [-0.2, 0) is 11.8 Å². The van der Waals surface area contributed by atoms with E-state index in [4.69, 9.17) is 5.11 Å². The highest BCUT2D eigenvalue weighted by molar-refractivity contribution is 5.93. The van der Waals surface area contributed by atoms with Crippen LogP contribution in [-0.4, -0.2) is 33.0 Å². The summed E-state index contributed by atoms with van der Waals surface area (Å²) in [6.45, 7) is 1.74. The van der Waals surface area contributed by atoms with E-state index in [-0.39, 0.29) is 18.1 Å². The van der Waals surface area contributed by atoms with Gasteiger partial charge in [-0.1, -0.05) is 6.92 Å². The summed E-state index contributed by atoms with van der Waals surface area (Å²) in [5, 5.41) is 21.8. The molecule has 0 saturated carbocycles. The Balaban J connectivity index is 2.60. The summed E-state index contributed by atoms with van der Waals surface area (Å²) in [5.74, 6) is -2.12. The maximum Gasteiger partial charge on any atom is 0.323 e. The number of nitrogens with one attached hydrogen (secondary N) is 1. The third-order valence-electron chi connectivity index (χ3n) is 2.80. The van der Waals surface area contributed by atoms with Crippen molar-refractivity contribution in [2.45, 2.75) is 13.3 Å². The van der Waals surface area contributed by atoms with Gasteiger partial charge in [0.15, 0.2) is 5.69 Å². The monoisotopic (exact) mass is 269 g/mol. The molecule has 2 N–H and O–H groups in total. The summed E-state index contributed by atoms with van der Waals surface area (Å²) < 4.78 is 1.18. The Morgan fingerprint density at radius 1 is 1.53 bits per heavy atom. The van der Waals surface area contributed by atoms with Gasteiger partial charge in [-0.05, 0) is 17.4 Å². The molecule has 1 rings (SSSR count). The predicted octanol–water partition coefficient (Wildman–Crippen LogP) is 0.774. The van der Waals surface area contributed by atoms with Crippen molar-refractivity contribution in [3.8, 4) is 0 Å². The number of amides is 1. The first-order valence-electron chi connectivity index (χ1n) is 5.65. The first-order chi connectivity index (χ1) is 8.84. The molecule has 8 nitrogen and oxygen atoms in total. The van der Waals surface area contributed by atoms with Gasteiger partial charge in [0.05, 0.1) is 13.0 Å². The summed E-state index contributed by atoms with van der Waals surface area (Å²) in [5.41, 5.74) is 0.162. The molecule has 0 radical (unpaired) electrons. The normalized spacial score (nSPS) is 11.9. The minimum absolute atomic E-state index is 0.162. The molecule has 0 aliphatic carbocycles. The van der Waals surface area contributed by atoms with Crippen molar-refractivity contribution in [2.24, 2.45) is 13.0 Å². The van der Waals surface area contributed by atoms with E-state index in [1.165, 1.54) is 23.7 Å². The standard InChI is InChI=1S/C11H15N3O5/c1-7(11(16)17)5-6-12-10(15)8-3-4-9(13(8)2)14(18)19/h3-4,7H,5-6H2,1-2H3,(H,12,15)(H,16,17). The molecule has 104 valence electrons. The van der Waals surface area contributed by atoms with Crippen molar-refractivity contribution in [2.75, 3.05) is 6.54 Å². The van der Waals surface area contributed by atoms with Crippen molar-refractivity contribution in [1.29, 1.82) is 0 Å². The lowest BCUT2D eigenvalue weighted by Gasteiger charge is -2.07. The molecule has 0 aromatic carbocycles. The van der Waals surface area contributed by atoms with E-state index in [2.05, 4.69) is 5.32 Å². The Morgan fingerprint density at radius 2 is 2.16 bits per heavy atom. The Kier molecular flexibility index (Phi) is 4.62. The SMILES string of the molecule is CC(CCNC(=O)c1ccc([N+](=O)[O-])n1C)C(=O)O. The number of rotatable bonds is 6. The first kappa shape index (κ1) is 14.7. The van der Waals surface area contributed by atoms with E-state index in [1.54, 1.807) is 6.92 Å². The van der Waals surface area contributed by atoms with Crippen LogP contribution < -0.4 is 5.32 Å². The van der Waals surface area contributed by atoms with Crippen LogP contribution in [0, 0.1) is 16.0 Å². The number of nitrogens with zero attached hydrogens (tertiary/aromatic N) is 2. The molecule has 1 aromatic heterocycles. The molecular formula is C11H15N3O5. The van der Waals surface area contributed by atoms with Crippen LogP contribution in [0.15, 0.2) is 12.1 Å². The molecule has 0 bridgehead atoms. The van der Waals surface area contributed by atoms with E-state index in [0.29, 0.717) is 6.42 Å². The number of hydrogen-bond acceptors (Lipinski definition) is 4. The molecule has 0 aliphatic heterocycles. The summed E-state index contributed by atoms with van der Waals surface area (Å²) in [6, 6.07) is 2.60. The van der Waals surface area contributed by atoms with Gasteiger partial charge in [-0.3, -0.25) is 9.59 Å². The molecular weight excluding hydrogens is 254 g/mol. The maximum absolute atomic E-state index is 11.8. The van der Waals surface area contributed by atoms with Gasteiger partial charge in [0, 0.05) is 12.6 Å². The molecule has 0 spiro atoms. The van der Waals surface area contributed by atoms with Crippen LogP contribution in [0.5, 0.6) is 0 Å². The van der Waals surface area contributed by atoms with E-state index in [1.807, 2.05) is 0 Å².